The van der Waals surface area contributed by atoms with Gasteiger partial charge in [0.1, 0.15) is 11.5 Å². The van der Waals surface area contributed by atoms with Crippen molar-refractivity contribution < 1.29 is 0 Å². The highest BCUT2D eigenvalue weighted by Crippen LogP contribution is 2.36. The zero-order valence-corrected chi connectivity index (χ0v) is 21.5. The van der Waals surface area contributed by atoms with Crippen LogP contribution in [-0.4, -0.2) is 49.4 Å². The van der Waals surface area contributed by atoms with Crippen LogP contribution in [0.2, 0.25) is 0 Å². The lowest BCUT2D eigenvalue weighted by Gasteiger charge is -2.35. The van der Waals surface area contributed by atoms with Gasteiger partial charge in [-0.25, -0.2) is 15.0 Å². The second kappa shape index (κ2) is 9.58. The molecule has 0 unspecified atom stereocenters. The number of anilines is 2. The predicted molar refractivity (Wildman–Crippen MR) is 151 cm³/mol. The molecule has 0 saturated carbocycles. The molecule has 7 heteroatoms. The van der Waals surface area contributed by atoms with E-state index < -0.39 is 0 Å². The summed E-state index contributed by atoms with van der Waals surface area (Å²) in [6.07, 6.45) is 6.92. The number of hydrogen-bond acceptors (Lipinski definition) is 6. The Balaban J connectivity index is 1.15. The highest BCUT2D eigenvalue weighted by molar-refractivity contribution is 5.68. The van der Waals surface area contributed by atoms with E-state index in [4.69, 9.17) is 4.98 Å². The van der Waals surface area contributed by atoms with Crippen molar-refractivity contribution in [3.05, 3.63) is 109 Å². The normalized spacial score (nSPS) is 19.8. The fourth-order valence-corrected chi connectivity index (χ4v) is 5.98. The molecule has 3 atom stereocenters. The van der Waals surface area contributed by atoms with Crippen molar-refractivity contribution in [1.82, 2.24) is 24.3 Å². The van der Waals surface area contributed by atoms with Gasteiger partial charge in [-0.2, -0.15) is 0 Å². The summed E-state index contributed by atoms with van der Waals surface area (Å²) in [5, 5.41) is 3.54. The maximum Gasteiger partial charge on any atom is 0.212 e. The Morgan fingerprint density at radius 1 is 0.895 bits per heavy atom. The van der Waals surface area contributed by atoms with Crippen LogP contribution in [0.3, 0.4) is 0 Å². The number of aromatic nitrogens is 4. The second-order valence-corrected chi connectivity index (χ2v) is 10.4. The molecule has 5 aromatic rings. The number of rotatable bonds is 7. The third-order valence-electron chi connectivity index (χ3n) is 7.93. The van der Waals surface area contributed by atoms with E-state index in [1.807, 2.05) is 30.7 Å². The summed E-state index contributed by atoms with van der Waals surface area (Å²) in [7, 11) is 0. The summed E-state index contributed by atoms with van der Waals surface area (Å²) in [6.45, 7) is 5.21. The average Bonchev–Trinajstić information content (AvgIpc) is 3.70. The van der Waals surface area contributed by atoms with Gasteiger partial charge in [-0.15, -0.1) is 0 Å². The van der Waals surface area contributed by atoms with E-state index in [1.165, 1.54) is 17.5 Å². The molecule has 0 radical (unpaired) electrons. The molecule has 1 N–H and O–H groups in total. The second-order valence-electron chi connectivity index (χ2n) is 10.4. The van der Waals surface area contributed by atoms with Crippen molar-refractivity contribution in [2.24, 2.45) is 0 Å². The number of hydrogen-bond donors (Lipinski definition) is 1. The molecule has 7 rings (SSSR count). The van der Waals surface area contributed by atoms with Crippen LogP contribution in [0.25, 0.3) is 16.9 Å². The van der Waals surface area contributed by atoms with Gasteiger partial charge in [0, 0.05) is 68.0 Å². The summed E-state index contributed by atoms with van der Waals surface area (Å²) < 4.78 is 2.13. The molecular formula is C31H31N7. The van der Waals surface area contributed by atoms with E-state index in [1.54, 1.807) is 0 Å². The zero-order valence-electron chi connectivity index (χ0n) is 21.5. The summed E-state index contributed by atoms with van der Waals surface area (Å²) in [6, 6.07) is 28.6. The number of nitrogens with one attached hydrogen (secondary N) is 1. The van der Waals surface area contributed by atoms with Crippen molar-refractivity contribution >= 4 is 17.4 Å². The van der Waals surface area contributed by atoms with Crippen LogP contribution >= 0.6 is 0 Å². The summed E-state index contributed by atoms with van der Waals surface area (Å²) >= 11 is 0. The van der Waals surface area contributed by atoms with Gasteiger partial charge >= 0.3 is 0 Å². The fraction of sp³-hybridized carbons (Fsp3) is 0.258. The number of imidazole rings is 1. The summed E-state index contributed by atoms with van der Waals surface area (Å²) in [4.78, 5) is 19.5. The monoisotopic (exact) mass is 501 g/mol. The molecule has 0 amide bonds. The zero-order chi connectivity index (χ0) is 25.5. The molecular weight excluding hydrogens is 470 g/mol. The van der Waals surface area contributed by atoms with Crippen LogP contribution in [0.4, 0.5) is 11.8 Å². The first kappa shape index (κ1) is 22.9. The van der Waals surface area contributed by atoms with E-state index in [-0.39, 0.29) is 6.04 Å². The maximum absolute atomic E-state index is 5.21. The Kier molecular flexibility index (Phi) is 5.78. The maximum atomic E-state index is 5.21. The molecule has 5 heterocycles. The van der Waals surface area contributed by atoms with Crippen molar-refractivity contribution in [2.45, 2.75) is 38.0 Å². The van der Waals surface area contributed by atoms with E-state index in [2.05, 4.69) is 103 Å². The number of fused-ring (bicyclic) bond motifs is 3. The molecule has 2 fully saturated rings. The van der Waals surface area contributed by atoms with Crippen LogP contribution < -0.4 is 10.2 Å². The molecule has 2 aliphatic heterocycles. The van der Waals surface area contributed by atoms with E-state index in [0.717, 1.165) is 48.3 Å². The molecule has 0 aliphatic carbocycles. The van der Waals surface area contributed by atoms with Crippen LogP contribution in [0.5, 0.6) is 0 Å². The Labute approximate surface area is 222 Å². The van der Waals surface area contributed by atoms with Crippen LogP contribution in [0.15, 0.2) is 97.5 Å². The van der Waals surface area contributed by atoms with Crippen LogP contribution in [0, 0.1) is 0 Å². The van der Waals surface area contributed by atoms with Crippen molar-refractivity contribution in [1.29, 1.82) is 0 Å². The van der Waals surface area contributed by atoms with Crippen molar-refractivity contribution in [3.8, 4) is 11.3 Å². The van der Waals surface area contributed by atoms with Gasteiger partial charge in [0.15, 0.2) is 0 Å². The SMILES string of the molecule is C[C@H](Nc1cc(-c2cc3nccn3c(N3C[C@@H]4C[C@H]3CN4Cc3ccccc3)n2)ccn1)c1ccccc1. The molecule has 2 aromatic carbocycles. The van der Waals surface area contributed by atoms with E-state index in [9.17, 15) is 0 Å². The highest BCUT2D eigenvalue weighted by Gasteiger charge is 2.44. The van der Waals surface area contributed by atoms with E-state index >= 15 is 0 Å². The minimum absolute atomic E-state index is 0.149. The van der Waals surface area contributed by atoms with E-state index in [0.29, 0.717) is 12.1 Å². The summed E-state index contributed by atoms with van der Waals surface area (Å²) in [5.41, 5.74) is 5.47. The molecule has 7 nitrogen and oxygen atoms in total. The fourth-order valence-electron chi connectivity index (χ4n) is 5.98. The largest absolute Gasteiger partial charge is 0.364 e. The Hall–Kier alpha value is -4.23. The third-order valence-corrected chi connectivity index (χ3v) is 7.93. The molecule has 0 spiro atoms. The standard InChI is InChI=1S/C31H31N7/c1-22(24-10-6-3-7-11-24)34-29-16-25(12-13-32-29)28-18-30-33-14-15-37(30)31(35-28)38-21-26-17-27(38)20-36(26)19-23-8-4-2-5-9-23/h2-16,18,22,26-27H,17,19-21H2,1H3,(H,32,34)/t22-,26-,27-/m0/s1. The molecule has 38 heavy (non-hydrogen) atoms. The Bertz CT molecular complexity index is 1550. The number of nitrogens with zero attached hydrogens (tertiary/aromatic N) is 6. The topological polar surface area (TPSA) is 61.6 Å². The predicted octanol–water partition coefficient (Wildman–Crippen LogP) is 5.43. The quantitative estimate of drug-likeness (QED) is 0.321. The van der Waals surface area contributed by atoms with Crippen molar-refractivity contribution in [3.63, 3.8) is 0 Å². The van der Waals surface area contributed by atoms with Gasteiger partial charge in [0.2, 0.25) is 5.95 Å². The number of pyridine rings is 1. The van der Waals surface area contributed by atoms with Crippen molar-refractivity contribution in [2.75, 3.05) is 23.3 Å². The number of piperazine rings is 1. The minimum Gasteiger partial charge on any atom is -0.364 e. The van der Waals surface area contributed by atoms with Gasteiger partial charge in [0.05, 0.1) is 5.69 Å². The number of likely N-dealkylation sites (tertiary alicyclic amines) is 1. The molecule has 2 aliphatic rings. The first-order chi connectivity index (χ1) is 18.7. The molecule has 190 valence electrons. The molecule has 2 bridgehead atoms. The number of benzene rings is 2. The van der Waals surface area contributed by atoms with Gasteiger partial charge in [0.25, 0.3) is 0 Å². The third kappa shape index (κ3) is 4.29. The molecule has 2 saturated heterocycles. The lowest BCUT2D eigenvalue weighted by Crippen LogP contribution is -2.46. The first-order valence-corrected chi connectivity index (χ1v) is 13.4. The van der Waals surface area contributed by atoms with Crippen LogP contribution in [0.1, 0.15) is 30.5 Å². The molecule has 3 aromatic heterocycles. The Morgan fingerprint density at radius 3 is 2.50 bits per heavy atom. The highest BCUT2D eigenvalue weighted by atomic mass is 15.4. The lowest BCUT2D eigenvalue weighted by atomic mass is 10.1. The van der Waals surface area contributed by atoms with Gasteiger partial charge in [-0.1, -0.05) is 60.7 Å². The minimum atomic E-state index is 0.149. The lowest BCUT2D eigenvalue weighted by molar-refractivity contribution is 0.229. The van der Waals surface area contributed by atoms with Crippen LogP contribution in [-0.2, 0) is 6.54 Å². The smallest absolute Gasteiger partial charge is 0.212 e. The average molecular weight is 502 g/mol. The van der Waals surface area contributed by atoms with Gasteiger partial charge < -0.3 is 10.2 Å². The van der Waals surface area contributed by atoms with Gasteiger partial charge in [-0.05, 0) is 36.6 Å². The first-order valence-electron chi connectivity index (χ1n) is 13.4. The van der Waals surface area contributed by atoms with Gasteiger partial charge in [-0.3, -0.25) is 9.30 Å². The summed E-state index contributed by atoms with van der Waals surface area (Å²) in [5.74, 6) is 1.81. The Morgan fingerprint density at radius 2 is 1.71 bits per heavy atom.